The molecule has 0 saturated heterocycles. The molecule has 4 nitrogen and oxygen atoms in total. The first-order valence-corrected chi connectivity index (χ1v) is 4.97. The van der Waals surface area contributed by atoms with Gasteiger partial charge in [-0.3, -0.25) is 4.79 Å². The van der Waals surface area contributed by atoms with Gasteiger partial charge in [-0.25, -0.2) is 0 Å². The predicted molar refractivity (Wildman–Crippen MR) is 54.5 cm³/mol. The lowest BCUT2D eigenvalue weighted by molar-refractivity contribution is -0.130. The summed E-state index contributed by atoms with van der Waals surface area (Å²) in [4.78, 5) is 11.3. The van der Waals surface area contributed by atoms with E-state index >= 15 is 0 Å². The summed E-state index contributed by atoms with van der Waals surface area (Å²) in [5, 5.41) is 12.0. The molecule has 80 valence electrons. The smallest absolute Gasteiger partial charge is 0.250 e. The van der Waals surface area contributed by atoms with Gasteiger partial charge in [0.15, 0.2) is 0 Å². The summed E-state index contributed by atoms with van der Waals surface area (Å²) in [7, 11) is 0. The average Bonchev–Trinajstić information content (AvgIpc) is 2.96. The molecule has 1 fully saturated rings. The van der Waals surface area contributed by atoms with Gasteiger partial charge in [0.25, 0.3) is 5.91 Å². The van der Waals surface area contributed by atoms with E-state index in [1.165, 1.54) is 12.8 Å². The van der Waals surface area contributed by atoms with Crippen molar-refractivity contribution in [1.82, 2.24) is 5.32 Å². The number of hydrogen-bond donors (Lipinski definition) is 3. The third kappa shape index (κ3) is 3.47. The Balaban J connectivity index is 2.25. The Hall–Kier alpha value is -0.870. The number of carbonyl (C=O) groups is 1. The van der Waals surface area contributed by atoms with Crippen LogP contribution in [0.5, 0.6) is 0 Å². The van der Waals surface area contributed by atoms with E-state index in [9.17, 15) is 9.90 Å². The van der Waals surface area contributed by atoms with Gasteiger partial charge in [-0.15, -0.1) is 6.58 Å². The van der Waals surface area contributed by atoms with Crippen LogP contribution in [0.4, 0.5) is 0 Å². The van der Waals surface area contributed by atoms with Crippen molar-refractivity contribution < 1.29 is 9.90 Å². The van der Waals surface area contributed by atoms with E-state index in [1.54, 1.807) is 6.08 Å². The van der Waals surface area contributed by atoms with E-state index in [1.807, 2.05) is 0 Å². The number of nitrogens with one attached hydrogen (secondary N) is 1. The van der Waals surface area contributed by atoms with Crippen LogP contribution in [-0.2, 0) is 4.79 Å². The molecule has 1 rings (SSSR count). The molecule has 0 spiro atoms. The predicted octanol–water partition coefficient (Wildman–Crippen LogP) is -0.223. The van der Waals surface area contributed by atoms with E-state index in [4.69, 9.17) is 5.73 Å². The van der Waals surface area contributed by atoms with Gasteiger partial charge in [-0.2, -0.15) is 0 Å². The molecule has 1 saturated carbocycles. The number of carbonyl (C=O) groups excluding carboxylic acids is 1. The van der Waals surface area contributed by atoms with Crippen molar-refractivity contribution in [2.24, 2.45) is 11.7 Å². The van der Waals surface area contributed by atoms with Gasteiger partial charge in [0, 0.05) is 12.6 Å². The molecule has 0 radical (unpaired) electrons. The Morgan fingerprint density at radius 3 is 2.86 bits per heavy atom. The van der Waals surface area contributed by atoms with E-state index < -0.39 is 18.1 Å². The number of rotatable bonds is 6. The molecule has 14 heavy (non-hydrogen) atoms. The monoisotopic (exact) mass is 198 g/mol. The van der Waals surface area contributed by atoms with Crippen molar-refractivity contribution in [3.63, 3.8) is 0 Å². The highest BCUT2D eigenvalue weighted by atomic mass is 16.3. The molecule has 4 heteroatoms. The first-order chi connectivity index (χ1) is 6.65. The Morgan fingerprint density at radius 2 is 2.36 bits per heavy atom. The molecule has 0 aliphatic heterocycles. The van der Waals surface area contributed by atoms with Gasteiger partial charge in [0.05, 0.1) is 0 Å². The second-order valence-corrected chi connectivity index (χ2v) is 3.82. The van der Waals surface area contributed by atoms with E-state index in [-0.39, 0.29) is 0 Å². The van der Waals surface area contributed by atoms with Crippen molar-refractivity contribution in [3.05, 3.63) is 12.7 Å². The molecular formula is C10H18N2O2. The third-order valence-electron chi connectivity index (χ3n) is 2.40. The maximum Gasteiger partial charge on any atom is 0.250 e. The quantitative estimate of drug-likeness (QED) is 0.516. The fourth-order valence-corrected chi connectivity index (χ4v) is 1.34. The highest BCUT2D eigenvalue weighted by molar-refractivity contribution is 5.81. The Morgan fingerprint density at radius 1 is 1.71 bits per heavy atom. The minimum atomic E-state index is -1.09. The van der Waals surface area contributed by atoms with Crippen LogP contribution in [0.2, 0.25) is 0 Å². The van der Waals surface area contributed by atoms with Crippen molar-refractivity contribution in [1.29, 1.82) is 0 Å². The van der Waals surface area contributed by atoms with Crippen molar-refractivity contribution in [3.8, 4) is 0 Å². The zero-order valence-corrected chi connectivity index (χ0v) is 8.28. The first-order valence-electron chi connectivity index (χ1n) is 4.97. The van der Waals surface area contributed by atoms with Crippen molar-refractivity contribution in [2.75, 3.05) is 6.54 Å². The fraction of sp³-hybridized carbons (Fsp3) is 0.700. The van der Waals surface area contributed by atoms with Gasteiger partial charge in [-0.1, -0.05) is 18.9 Å². The van der Waals surface area contributed by atoms with Gasteiger partial charge < -0.3 is 16.2 Å². The van der Waals surface area contributed by atoms with Crippen LogP contribution in [0.3, 0.4) is 0 Å². The summed E-state index contributed by atoms with van der Waals surface area (Å²) in [6, 6.07) is -0.438. The maximum absolute atomic E-state index is 11.3. The van der Waals surface area contributed by atoms with Gasteiger partial charge in [0.1, 0.15) is 6.10 Å². The largest absolute Gasteiger partial charge is 0.382 e. The molecule has 0 heterocycles. The molecule has 0 aromatic rings. The number of hydrogen-bond acceptors (Lipinski definition) is 3. The van der Waals surface area contributed by atoms with Gasteiger partial charge >= 0.3 is 0 Å². The number of amides is 1. The molecule has 2 atom stereocenters. The van der Waals surface area contributed by atoms with Gasteiger partial charge in [0.2, 0.25) is 0 Å². The summed E-state index contributed by atoms with van der Waals surface area (Å²) >= 11 is 0. The highest BCUT2D eigenvalue weighted by Gasteiger charge is 2.29. The fourth-order valence-electron chi connectivity index (χ4n) is 1.34. The van der Waals surface area contributed by atoms with E-state index in [0.717, 1.165) is 6.42 Å². The molecule has 4 N–H and O–H groups in total. The standard InChI is InChI=1S/C10H18N2O2/c1-2-5-12-10(14)9(13)8(11)6-7-3-4-7/h2,7-9,13H,1,3-6,11H2,(H,12,14)/t8-,9?/m0/s1. The minimum Gasteiger partial charge on any atom is -0.382 e. The topological polar surface area (TPSA) is 75.3 Å². The van der Waals surface area contributed by atoms with Crippen LogP contribution in [0.15, 0.2) is 12.7 Å². The highest BCUT2D eigenvalue weighted by Crippen LogP contribution is 2.33. The maximum atomic E-state index is 11.3. The van der Waals surface area contributed by atoms with E-state index in [2.05, 4.69) is 11.9 Å². The average molecular weight is 198 g/mol. The lowest BCUT2D eigenvalue weighted by Gasteiger charge is -2.17. The molecule has 0 aromatic heterocycles. The third-order valence-corrected chi connectivity index (χ3v) is 2.40. The Bertz CT molecular complexity index is 214. The summed E-state index contributed by atoms with van der Waals surface area (Å²) in [5.41, 5.74) is 5.69. The summed E-state index contributed by atoms with van der Waals surface area (Å²) in [6.45, 7) is 3.83. The second kappa shape index (κ2) is 5.12. The molecular weight excluding hydrogens is 180 g/mol. The SMILES string of the molecule is C=CCNC(=O)C(O)[C@@H](N)CC1CC1. The normalized spacial score (nSPS) is 19.9. The summed E-state index contributed by atoms with van der Waals surface area (Å²) in [6.07, 6.45) is 3.57. The Labute approximate surface area is 84.2 Å². The first kappa shape index (κ1) is 11.2. The zero-order valence-electron chi connectivity index (χ0n) is 8.28. The minimum absolute atomic E-state index is 0.367. The van der Waals surface area contributed by atoms with Gasteiger partial charge in [-0.05, 0) is 12.3 Å². The van der Waals surface area contributed by atoms with Crippen LogP contribution in [0.1, 0.15) is 19.3 Å². The molecule has 1 aliphatic rings. The van der Waals surface area contributed by atoms with Crippen molar-refractivity contribution >= 4 is 5.91 Å². The van der Waals surface area contributed by atoms with Crippen LogP contribution in [0.25, 0.3) is 0 Å². The lowest BCUT2D eigenvalue weighted by atomic mass is 10.1. The van der Waals surface area contributed by atoms with Crippen LogP contribution < -0.4 is 11.1 Å². The molecule has 1 aliphatic carbocycles. The van der Waals surface area contributed by atoms with Crippen molar-refractivity contribution in [2.45, 2.75) is 31.4 Å². The number of aliphatic hydroxyl groups excluding tert-OH is 1. The molecule has 0 bridgehead atoms. The summed E-state index contributed by atoms with van der Waals surface area (Å²) < 4.78 is 0. The molecule has 1 amide bonds. The second-order valence-electron chi connectivity index (χ2n) is 3.82. The van der Waals surface area contributed by atoms with Crippen LogP contribution in [-0.4, -0.2) is 29.7 Å². The zero-order chi connectivity index (χ0) is 10.6. The molecule has 1 unspecified atom stereocenters. The number of aliphatic hydroxyl groups is 1. The summed E-state index contributed by atoms with van der Waals surface area (Å²) in [5.74, 6) is 0.213. The van der Waals surface area contributed by atoms with Crippen LogP contribution in [0, 0.1) is 5.92 Å². The lowest BCUT2D eigenvalue weighted by Crippen LogP contribution is -2.46. The molecule has 0 aromatic carbocycles. The van der Waals surface area contributed by atoms with E-state index in [0.29, 0.717) is 12.5 Å². The van der Waals surface area contributed by atoms with Crippen LogP contribution >= 0.6 is 0 Å². The number of nitrogens with two attached hydrogens (primary N) is 1. The Kier molecular flexibility index (Phi) is 4.10.